The van der Waals surface area contributed by atoms with E-state index in [9.17, 15) is 4.79 Å². The van der Waals surface area contributed by atoms with Gasteiger partial charge < -0.3 is 9.47 Å². The molecule has 0 aliphatic heterocycles. The second kappa shape index (κ2) is 9.03. The fourth-order valence-corrected chi connectivity index (χ4v) is 3.40. The summed E-state index contributed by atoms with van der Waals surface area (Å²) in [6.45, 7) is 11.1. The van der Waals surface area contributed by atoms with Crippen molar-refractivity contribution in [2.24, 2.45) is 17.8 Å². The third-order valence-corrected chi connectivity index (χ3v) is 4.93. The summed E-state index contributed by atoms with van der Waals surface area (Å²) in [4.78, 5) is 12.1. The van der Waals surface area contributed by atoms with E-state index in [4.69, 9.17) is 9.47 Å². The van der Waals surface area contributed by atoms with Gasteiger partial charge in [-0.2, -0.15) is 0 Å². The van der Waals surface area contributed by atoms with Crippen LogP contribution in [0.15, 0.2) is 42.5 Å². The van der Waals surface area contributed by atoms with Gasteiger partial charge in [0.15, 0.2) is 0 Å². The minimum atomic E-state index is -0.371. The van der Waals surface area contributed by atoms with Crippen LogP contribution < -0.4 is 0 Å². The van der Waals surface area contributed by atoms with Crippen molar-refractivity contribution < 1.29 is 14.3 Å². The third-order valence-electron chi connectivity index (χ3n) is 4.93. The fraction of sp³-hybridized carbons (Fsp3) is 0.571. The normalized spacial score (nSPS) is 23.9. The molecule has 0 radical (unpaired) electrons. The second-order valence-electron chi connectivity index (χ2n) is 7.34. The van der Waals surface area contributed by atoms with Gasteiger partial charge in [-0.1, -0.05) is 64.1 Å². The van der Waals surface area contributed by atoms with Crippen molar-refractivity contribution >= 4 is 5.97 Å². The van der Waals surface area contributed by atoms with Crippen molar-refractivity contribution in [2.45, 2.75) is 52.7 Å². The lowest BCUT2D eigenvalue weighted by atomic mass is 9.75. The summed E-state index contributed by atoms with van der Waals surface area (Å²) in [5, 5.41) is 0. The van der Waals surface area contributed by atoms with Crippen LogP contribution in [0.3, 0.4) is 0 Å². The Morgan fingerprint density at radius 1 is 1.25 bits per heavy atom. The molecule has 2 rings (SSSR count). The van der Waals surface area contributed by atoms with Crippen molar-refractivity contribution in [1.82, 2.24) is 0 Å². The van der Waals surface area contributed by atoms with Crippen molar-refractivity contribution in [2.75, 3.05) is 6.61 Å². The van der Waals surface area contributed by atoms with Gasteiger partial charge >= 0.3 is 5.97 Å². The molecular formula is C21H30O3. The highest BCUT2D eigenvalue weighted by atomic mass is 16.5. The van der Waals surface area contributed by atoms with Gasteiger partial charge in [0, 0.05) is 0 Å². The van der Waals surface area contributed by atoms with Crippen LogP contribution in [0.2, 0.25) is 0 Å². The predicted molar refractivity (Wildman–Crippen MR) is 96.5 cm³/mol. The van der Waals surface area contributed by atoms with E-state index < -0.39 is 0 Å². The molecule has 132 valence electrons. The molecule has 1 fully saturated rings. The van der Waals surface area contributed by atoms with Crippen LogP contribution in [0.1, 0.15) is 45.6 Å². The molecule has 3 unspecified atom stereocenters. The van der Waals surface area contributed by atoms with Crippen molar-refractivity contribution in [3.05, 3.63) is 48.0 Å². The first kappa shape index (κ1) is 18.7. The van der Waals surface area contributed by atoms with Gasteiger partial charge in [0.05, 0.1) is 18.3 Å². The van der Waals surface area contributed by atoms with Crippen LogP contribution in [0.5, 0.6) is 0 Å². The van der Waals surface area contributed by atoms with E-state index in [1.54, 1.807) is 0 Å². The van der Waals surface area contributed by atoms with E-state index in [0.29, 0.717) is 23.3 Å². The lowest BCUT2D eigenvalue weighted by molar-refractivity contribution is -0.141. The Labute approximate surface area is 146 Å². The number of rotatable bonds is 7. The molecule has 1 aromatic rings. The number of ether oxygens (including phenoxy) is 2. The Balaban J connectivity index is 1.79. The molecule has 0 heterocycles. The molecule has 1 aliphatic rings. The summed E-state index contributed by atoms with van der Waals surface area (Å²) in [6, 6.07) is 9.66. The average Bonchev–Trinajstić information content (AvgIpc) is 2.58. The second-order valence-corrected chi connectivity index (χ2v) is 7.34. The zero-order valence-electron chi connectivity index (χ0n) is 15.2. The molecule has 3 heteroatoms. The molecule has 1 aliphatic carbocycles. The standard InChI is InChI=1S/C21H30O3/c1-15(2)19-11-10-16(3)12-20(19)23-13-17(4)21(22)24-14-18-8-6-5-7-9-18/h5-9,15-16,19-20H,4,10-14H2,1-3H3. The van der Waals surface area contributed by atoms with E-state index in [-0.39, 0.29) is 25.3 Å². The van der Waals surface area contributed by atoms with Crippen molar-refractivity contribution in [1.29, 1.82) is 0 Å². The molecule has 0 saturated heterocycles. The van der Waals surface area contributed by atoms with Gasteiger partial charge in [-0.05, 0) is 36.2 Å². The molecule has 1 saturated carbocycles. The molecular weight excluding hydrogens is 300 g/mol. The highest BCUT2D eigenvalue weighted by Crippen LogP contribution is 2.35. The SMILES string of the molecule is C=C(COC1CC(C)CCC1C(C)C)C(=O)OCc1ccccc1. The number of benzene rings is 1. The highest BCUT2D eigenvalue weighted by molar-refractivity contribution is 5.87. The smallest absolute Gasteiger partial charge is 0.336 e. The van der Waals surface area contributed by atoms with Crippen LogP contribution >= 0.6 is 0 Å². The first-order valence-electron chi connectivity index (χ1n) is 8.97. The van der Waals surface area contributed by atoms with E-state index in [2.05, 4.69) is 27.4 Å². The molecule has 0 spiro atoms. The lowest BCUT2D eigenvalue weighted by Gasteiger charge is -2.37. The number of hydrogen-bond donors (Lipinski definition) is 0. The maximum atomic E-state index is 12.1. The Morgan fingerprint density at radius 2 is 1.96 bits per heavy atom. The zero-order valence-corrected chi connectivity index (χ0v) is 15.2. The van der Waals surface area contributed by atoms with Crippen LogP contribution in [0.4, 0.5) is 0 Å². The average molecular weight is 330 g/mol. The van der Waals surface area contributed by atoms with Gasteiger partial charge in [0.1, 0.15) is 6.61 Å². The predicted octanol–water partition coefficient (Wildman–Crippen LogP) is 4.76. The van der Waals surface area contributed by atoms with Gasteiger partial charge in [0.25, 0.3) is 0 Å². The summed E-state index contributed by atoms with van der Waals surface area (Å²) in [6.07, 6.45) is 3.75. The van der Waals surface area contributed by atoms with Crippen LogP contribution in [-0.4, -0.2) is 18.7 Å². The molecule has 3 nitrogen and oxygen atoms in total. The zero-order chi connectivity index (χ0) is 17.5. The third kappa shape index (κ3) is 5.48. The maximum absolute atomic E-state index is 12.1. The van der Waals surface area contributed by atoms with Crippen molar-refractivity contribution in [3.63, 3.8) is 0 Å². The minimum Gasteiger partial charge on any atom is -0.457 e. The van der Waals surface area contributed by atoms with E-state index in [1.807, 2.05) is 30.3 Å². The molecule has 0 aromatic heterocycles. The van der Waals surface area contributed by atoms with Crippen LogP contribution in [-0.2, 0) is 20.9 Å². The van der Waals surface area contributed by atoms with E-state index >= 15 is 0 Å². The summed E-state index contributed by atoms with van der Waals surface area (Å²) < 4.78 is 11.4. The van der Waals surface area contributed by atoms with E-state index in [0.717, 1.165) is 12.0 Å². The summed E-state index contributed by atoms with van der Waals surface area (Å²) in [5.41, 5.74) is 1.37. The monoisotopic (exact) mass is 330 g/mol. The van der Waals surface area contributed by atoms with Crippen molar-refractivity contribution in [3.8, 4) is 0 Å². The molecule has 0 bridgehead atoms. The quantitative estimate of drug-likeness (QED) is 0.534. The molecule has 0 N–H and O–H groups in total. The summed E-state index contributed by atoms with van der Waals surface area (Å²) >= 11 is 0. The minimum absolute atomic E-state index is 0.215. The summed E-state index contributed by atoms with van der Waals surface area (Å²) in [7, 11) is 0. The van der Waals surface area contributed by atoms with Gasteiger partial charge in [-0.25, -0.2) is 4.79 Å². The molecule has 3 atom stereocenters. The molecule has 1 aromatic carbocycles. The van der Waals surface area contributed by atoms with E-state index in [1.165, 1.54) is 12.8 Å². The Kier molecular flexibility index (Phi) is 7.04. The highest BCUT2D eigenvalue weighted by Gasteiger charge is 2.31. The topological polar surface area (TPSA) is 35.5 Å². The van der Waals surface area contributed by atoms with Gasteiger partial charge in [-0.15, -0.1) is 0 Å². The first-order valence-corrected chi connectivity index (χ1v) is 8.97. The van der Waals surface area contributed by atoms with Crippen LogP contribution in [0, 0.1) is 17.8 Å². The number of esters is 1. The Bertz CT molecular complexity index is 535. The lowest BCUT2D eigenvalue weighted by Crippen LogP contribution is -2.35. The van der Waals surface area contributed by atoms with Crippen LogP contribution in [0.25, 0.3) is 0 Å². The van der Waals surface area contributed by atoms with Gasteiger partial charge in [0.2, 0.25) is 0 Å². The molecule has 0 amide bonds. The largest absolute Gasteiger partial charge is 0.457 e. The number of carbonyl (C=O) groups is 1. The molecule has 24 heavy (non-hydrogen) atoms. The first-order chi connectivity index (χ1) is 11.5. The number of carbonyl (C=O) groups excluding carboxylic acids is 1. The van der Waals surface area contributed by atoms with Gasteiger partial charge in [-0.3, -0.25) is 0 Å². The fourth-order valence-electron chi connectivity index (χ4n) is 3.40. The Morgan fingerprint density at radius 3 is 2.62 bits per heavy atom. The Hall–Kier alpha value is -1.61. The maximum Gasteiger partial charge on any atom is 0.336 e. The number of hydrogen-bond acceptors (Lipinski definition) is 3. The summed E-state index contributed by atoms with van der Waals surface area (Å²) in [5.74, 6) is 1.47.